The van der Waals surface area contributed by atoms with Crippen molar-refractivity contribution in [2.45, 2.75) is 6.42 Å². The minimum Gasteiger partial charge on any atom is -0.489 e. The average Bonchev–Trinajstić information content (AvgIpc) is 2.87. The van der Waals surface area contributed by atoms with Crippen LogP contribution in [-0.4, -0.2) is 54.3 Å². The third-order valence-electron chi connectivity index (χ3n) is 4.68. The summed E-state index contributed by atoms with van der Waals surface area (Å²) in [6.07, 6.45) is 6.62. The van der Waals surface area contributed by atoms with E-state index in [1.54, 1.807) is 12.5 Å². The van der Waals surface area contributed by atoms with Crippen LogP contribution in [0.15, 0.2) is 48.4 Å². The third kappa shape index (κ3) is 4.24. The highest BCUT2D eigenvalue weighted by atomic mass is 16.5. The third-order valence-corrected chi connectivity index (χ3v) is 4.68. The summed E-state index contributed by atoms with van der Waals surface area (Å²) in [6, 6.07) is 10.2. The Balaban J connectivity index is 1.41. The van der Waals surface area contributed by atoms with E-state index in [0.717, 1.165) is 50.7 Å². The minimum absolute atomic E-state index is 0.454. The monoisotopic (exact) mass is 337 g/mol. The van der Waals surface area contributed by atoms with Gasteiger partial charge in [-0.05, 0) is 30.2 Å². The quantitative estimate of drug-likeness (QED) is 0.858. The zero-order valence-electron chi connectivity index (χ0n) is 14.3. The number of para-hydroxylation sites is 1. The fraction of sp³-hybridized carbons (Fsp3) is 0.400. The number of benzene rings is 1. The van der Waals surface area contributed by atoms with Crippen LogP contribution in [0.2, 0.25) is 0 Å². The van der Waals surface area contributed by atoms with Gasteiger partial charge in [-0.15, -0.1) is 0 Å². The molecular formula is C20H23N3O2. The molecule has 5 heteroatoms. The van der Waals surface area contributed by atoms with Gasteiger partial charge in [0, 0.05) is 43.0 Å². The maximum atomic E-state index is 5.89. The van der Waals surface area contributed by atoms with E-state index in [-0.39, 0.29) is 0 Å². The first-order chi connectivity index (χ1) is 12.4. The van der Waals surface area contributed by atoms with Crippen LogP contribution < -0.4 is 4.74 Å². The zero-order chi connectivity index (χ0) is 16.9. The SMILES string of the molecule is C1=C(CN2CCOCC(Cc3ccncn3)C2)COc2ccccc21. The second-order valence-corrected chi connectivity index (χ2v) is 6.71. The molecule has 1 aromatic carbocycles. The Bertz CT molecular complexity index is 733. The van der Waals surface area contributed by atoms with Crippen molar-refractivity contribution in [1.29, 1.82) is 0 Å². The summed E-state index contributed by atoms with van der Waals surface area (Å²) in [5.41, 5.74) is 3.58. The molecule has 0 spiro atoms. The van der Waals surface area contributed by atoms with Gasteiger partial charge in [-0.25, -0.2) is 9.97 Å². The molecule has 1 fully saturated rings. The molecule has 1 atom stereocenters. The standard InChI is InChI=1S/C20H23N3O2/c1-2-4-20-18(3-1)9-16(14-25-20)11-23-7-8-24-13-17(12-23)10-19-5-6-21-15-22-19/h1-6,9,15,17H,7-8,10-14H2. The first-order valence-corrected chi connectivity index (χ1v) is 8.83. The molecule has 2 aromatic rings. The molecule has 1 saturated heterocycles. The Labute approximate surface area is 148 Å². The van der Waals surface area contributed by atoms with Gasteiger partial charge in [0.25, 0.3) is 0 Å². The van der Waals surface area contributed by atoms with Gasteiger partial charge < -0.3 is 9.47 Å². The van der Waals surface area contributed by atoms with Crippen molar-refractivity contribution in [2.75, 3.05) is 39.5 Å². The summed E-state index contributed by atoms with van der Waals surface area (Å²) >= 11 is 0. The van der Waals surface area contributed by atoms with Crippen LogP contribution >= 0.6 is 0 Å². The molecule has 4 rings (SSSR count). The average molecular weight is 337 g/mol. The molecule has 25 heavy (non-hydrogen) atoms. The van der Waals surface area contributed by atoms with Crippen LogP contribution in [0.25, 0.3) is 6.08 Å². The molecule has 2 aliphatic rings. The summed E-state index contributed by atoms with van der Waals surface area (Å²) in [6.45, 7) is 5.15. The Morgan fingerprint density at radius 2 is 2.16 bits per heavy atom. The Hall–Kier alpha value is -2.24. The van der Waals surface area contributed by atoms with Crippen LogP contribution in [-0.2, 0) is 11.2 Å². The highest BCUT2D eigenvalue weighted by molar-refractivity contribution is 5.62. The molecule has 2 aliphatic heterocycles. The molecule has 0 saturated carbocycles. The number of nitrogens with zero attached hydrogens (tertiary/aromatic N) is 3. The van der Waals surface area contributed by atoms with Crippen LogP contribution in [0.3, 0.4) is 0 Å². The lowest BCUT2D eigenvalue weighted by atomic mass is 10.0. The van der Waals surface area contributed by atoms with Gasteiger partial charge >= 0.3 is 0 Å². The van der Waals surface area contributed by atoms with Gasteiger partial charge in [-0.1, -0.05) is 18.2 Å². The maximum Gasteiger partial charge on any atom is 0.127 e. The molecule has 0 N–H and O–H groups in total. The Kier molecular flexibility index (Phi) is 5.04. The molecule has 1 unspecified atom stereocenters. The van der Waals surface area contributed by atoms with Gasteiger partial charge in [-0.2, -0.15) is 0 Å². The van der Waals surface area contributed by atoms with E-state index >= 15 is 0 Å². The lowest BCUT2D eigenvalue weighted by Crippen LogP contribution is -2.34. The van der Waals surface area contributed by atoms with Crippen LogP contribution in [0.4, 0.5) is 0 Å². The highest BCUT2D eigenvalue weighted by Gasteiger charge is 2.21. The van der Waals surface area contributed by atoms with Crippen molar-refractivity contribution in [3.8, 4) is 5.75 Å². The van der Waals surface area contributed by atoms with Crippen molar-refractivity contribution < 1.29 is 9.47 Å². The van der Waals surface area contributed by atoms with Crippen molar-refractivity contribution in [3.63, 3.8) is 0 Å². The molecule has 130 valence electrons. The number of hydrogen-bond acceptors (Lipinski definition) is 5. The summed E-state index contributed by atoms with van der Waals surface area (Å²) in [7, 11) is 0. The van der Waals surface area contributed by atoms with Gasteiger partial charge in [0.15, 0.2) is 0 Å². The number of rotatable bonds is 4. The molecule has 3 heterocycles. The molecule has 0 aliphatic carbocycles. The van der Waals surface area contributed by atoms with Crippen molar-refractivity contribution >= 4 is 6.08 Å². The molecule has 5 nitrogen and oxygen atoms in total. The van der Waals surface area contributed by atoms with Gasteiger partial charge in [-0.3, -0.25) is 4.90 Å². The second-order valence-electron chi connectivity index (χ2n) is 6.71. The van der Waals surface area contributed by atoms with E-state index in [1.165, 1.54) is 11.1 Å². The first-order valence-electron chi connectivity index (χ1n) is 8.83. The molecule has 0 bridgehead atoms. The van der Waals surface area contributed by atoms with Crippen LogP contribution in [0, 0.1) is 5.92 Å². The summed E-state index contributed by atoms with van der Waals surface area (Å²) in [5.74, 6) is 1.43. The highest BCUT2D eigenvalue weighted by Crippen LogP contribution is 2.26. The largest absolute Gasteiger partial charge is 0.489 e. The van der Waals surface area contributed by atoms with Crippen molar-refractivity contribution in [3.05, 3.63) is 59.7 Å². The number of aromatic nitrogens is 2. The Morgan fingerprint density at radius 3 is 3.08 bits per heavy atom. The second kappa shape index (κ2) is 7.76. The molecule has 0 radical (unpaired) electrons. The number of fused-ring (bicyclic) bond motifs is 1. The zero-order valence-corrected chi connectivity index (χ0v) is 14.3. The van der Waals surface area contributed by atoms with Gasteiger partial charge in [0.2, 0.25) is 0 Å². The lowest BCUT2D eigenvalue weighted by Gasteiger charge is -2.26. The predicted octanol–water partition coefficient (Wildman–Crippen LogP) is 2.44. The summed E-state index contributed by atoms with van der Waals surface area (Å²) < 4.78 is 11.7. The number of hydrogen-bond donors (Lipinski definition) is 0. The maximum absolute atomic E-state index is 5.89. The lowest BCUT2D eigenvalue weighted by molar-refractivity contribution is 0.122. The topological polar surface area (TPSA) is 47.5 Å². The fourth-order valence-corrected chi connectivity index (χ4v) is 3.50. The van der Waals surface area contributed by atoms with Crippen molar-refractivity contribution in [1.82, 2.24) is 14.9 Å². The normalized spacial score (nSPS) is 21.0. The van der Waals surface area contributed by atoms with Gasteiger partial charge in [0.05, 0.1) is 13.2 Å². The summed E-state index contributed by atoms with van der Waals surface area (Å²) in [5, 5.41) is 0. The van der Waals surface area contributed by atoms with E-state index in [9.17, 15) is 0 Å². The predicted molar refractivity (Wildman–Crippen MR) is 96.4 cm³/mol. The van der Waals surface area contributed by atoms with E-state index in [0.29, 0.717) is 12.5 Å². The Morgan fingerprint density at radius 1 is 1.20 bits per heavy atom. The van der Waals surface area contributed by atoms with E-state index in [2.05, 4.69) is 33.1 Å². The van der Waals surface area contributed by atoms with Gasteiger partial charge in [0.1, 0.15) is 18.7 Å². The number of ether oxygens (including phenoxy) is 2. The minimum atomic E-state index is 0.454. The van der Waals surface area contributed by atoms with Crippen LogP contribution in [0.5, 0.6) is 5.75 Å². The van der Waals surface area contributed by atoms with Crippen molar-refractivity contribution in [2.24, 2.45) is 5.92 Å². The fourth-order valence-electron chi connectivity index (χ4n) is 3.50. The first kappa shape index (κ1) is 16.2. The molecular weight excluding hydrogens is 314 g/mol. The van der Waals surface area contributed by atoms with E-state index < -0.39 is 0 Å². The smallest absolute Gasteiger partial charge is 0.127 e. The van der Waals surface area contributed by atoms with E-state index in [1.807, 2.05) is 18.2 Å². The molecule has 0 amide bonds. The van der Waals surface area contributed by atoms with E-state index in [4.69, 9.17) is 9.47 Å². The molecule has 1 aromatic heterocycles. The summed E-state index contributed by atoms with van der Waals surface area (Å²) in [4.78, 5) is 10.8. The van der Waals surface area contributed by atoms with Crippen LogP contribution in [0.1, 0.15) is 11.3 Å².